The number of hydrogen-bond acceptors (Lipinski definition) is 9. The summed E-state index contributed by atoms with van der Waals surface area (Å²) in [6.07, 6.45) is 6.55. The average molecular weight is 477 g/mol. The molecule has 2 saturated heterocycles. The van der Waals surface area contributed by atoms with Crippen molar-refractivity contribution in [2.75, 3.05) is 39.0 Å². The van der Waals surface area contributed by atoms with Gasteiger partial charge < -0.3 is 20.7 Å². The Labute approximate surface area is 204 Å². The Balaban J connectivity index is 1.12. The highest BCUT2D eigenvalue weighted by Gasteiger charge is 2.60. The molecule has 4 heterocycles. The summed E-state index contributed by atoms with van der Waals surface area (Å²) in [6, 6.07) is 8.62. The Hall–Kier alpha value is -3.08. The van der Waals surface area contributed by atoms with Crippen LogP contribution in [-0.2, 0) is 4.79 Å². The van der Waals surface area contributed by atoms with Crippen molar-refractivity contribution >= 4 is 23.1 Å². The van der Waals surface area contributed by atoms with Gasteiger partial charge in [-0.1, -0.05) is 24.3 Å². The van der Waals surface area contributed by atoms with E-state index in [0.717, 1.165) is 63.1 Å². The Morgan fingerprint density at radius 3 is 2.54 bits per heavy atom. The Morgan fingerprint density at radius 2 is 1.86 bits per heavy atom. The summed E-state index contributed by atoms with van der Waals surface area (Å²) in [4.78, 5) is 27.7. The van der Waals surface area contributed by atoms with Crippen LogP contribution in [0.4, 0.5) is 11.5 Å². The van der Waals surface area contributed by atoms with Crippen LogP contribution in [-0.4, -0.2) is 70.6 Å². The molecule has 10 heteroatoms. The number of nitrogen functional groups attached to an aromatic ring is 1. The highest BCUT2D eigenvalue weighted by Crippen LogP contribution is 2.43. The fourth-order valence-corrected chi connectivity index (χ4v) is 5.60. The first-order valence-electron chi connectivity index (χ1n) is 12.5. The minimum Gasteiger partial charge on any atom is -0.431 e. The number of anilines is 1. The molecular weight excluding hydrogens is 444 g/mol. The molecule has 3 aliphatic heterocycles. The summed E-state index contributed by atoms with van der Waals surface area (Å²) in [5.74, 6) is 1.21. The van der Waals surface area contributed by atoms with Gasteiger partial charge in [-0.25, -0.2) is 9.98 Å². The topological polar surface area (TPSA) is 131 Å². The molecule has 2 atom stereocenters. The number of aliphatic imine (C=N–C) groups is 1. The smallest absolute Gasteiger partial charge is 0.291 e. The third kappa shape index (κ3) is 4.15. The number of hydrogen-bond donors (Lipinski definition) is 3. The van der Waals surface area contributed by atoms with Crippen LogP contribution >= 0.6 is 0 Å². The number of amides is 1. The van der Waals surface area contributed by atoms with Crippen molar-refractivity contribution in [1.82, 2.24) is 30.6 Å². The van der Waals surface area contributed by atoms with E-state index in [1.807, 2.05) is 17.0 Å². The van der Waals surface area contributed by atoms with Crippen molar-refractivity contribution in [3.05, 3.63) is 41.7 Å². The van der Waals surface area contributed by atoms with Gasteiger partial charge in [0.25, 0.3) is 5.85 Å². The van der Waals surface area contributed by atoms with Gasteiger partial charge in [-0.15, -0.1) is 0 Å². The van der Waals surface area contributed by atoms with E-state index in [0.29, 0.717) is 41.5 Å². The maximum atomic E-state index is 12.6. The number of ether oxygens (including phenoxy) is 1. The zero-order valence-electron chi connectivity index (χ0n) is 20.0. The molecule has 1 aromatic heterocycles. The zero-order valence-corrected chi connectivity index (χ0v) is 20.0. The Kier molecular flexibility index (Phi) is 5.66. The number of benzene rings is 1. The van der Waals surface area contributed by atoms with E-state index in [2.05, 4.69) is 45.0 Å². The van der Waals surface area contributed by atoms with Crippen LogP contribution in [0.2, 0.25) is 0 Å². The molecule has 4 aliphatic rings. The van der Waals surface area contributed by atoms with E-state index in [4.69, 9.17) is 15.5 Å². The van der Waals surface area contributed by atoms with Crippen LogP contribution in [0.1, 0.15) is 49.1 Å². The third-order valence-corrected chi connectivity index (χ3v) is 7.78. The molecule has 10 nitrogen and oxygen atoms in total. The number of likely N-dealkylation sites (N-methyl/N-ethyl adjacent to an activating group) is 1. The normalized spacial score (nSPS) is 29.8. The maximum Gasteiger partial charge on any atom is 0.291 e. The molecule has 1 aliphatic carbocycles. The lowest BCUT2D eigenvalue weighted by Crippen LogP contribution is -2.46. The number of nitrogens with one attached hydrogen (secondary N) is 2. The van der Waals surface area contributed by atoms with Crippen molar-refractivity contribution in [1.29, 1.82) is 0 Å². The Bertz CT molecular complexity index is 1140. The molecular formula is C25H32N8O2. The van der Waals surface area contributed by atoms with E-state index < -0.39 is 5.85 Å². The summed E-state index contributed by atoms with van der Waals surface area (Å²) >= 11 is 0. The summed E-state index contributed by atoms with van der Waals surface area (Å²) in [5.41, 5.74) is 12.8. The quantitative estimate of drug-likeness (QED) is 0.569. The van der Waals surface area contributed by atoms with Crippen LogP contribution in [0.15, 0.2) is 35.6 Å². The number of fused-ring (bicyclic) bond motifs is 1. The van der Waals surface area contributed by atoms with E-state index in [1.54, 1.807) is 0 Å². The number of aromatic nitrogens is 2. The van der Waals surface area contributed by atoms with Gasteiger partial charge in [-0.05, 0) is 43.1 Å². The average Bonchev–Trinajstić information content (AvgIpc) is 3.53. The first-order valence-corrected chi connectivity index (χ1v) is 12.5. The number of rotatable bonds is 4. The zero-order chi connectivity index (χ0) is 24.0. The van der Waals surface area contributed by atoms with Gasteiger partial charge in [0.2, 0.25) is 11.8 Å². The van der Waals surface area contributed by atoms with E-state index in [1.165, 1.54) is 11.9 Å². The van der Waals surface area contributed by atoms with Gasteiger partial charge in [0.1, 0.15) is 12.0 Å². The minimum atomic E-state index is -0.829. The molecule has 2 aromatic rings. The lowest BCUT2D eigenvalue weighted by Gasteiger charge is -2.32. The van der Waals surface area contributed by atoms with E-state index in [9.17, 15) is 4.79 Å². The fraction of sp³-hybridized carbons (Fsp3) is 0.520. The third-order valence-electron chi connectivity index (χ3n) is 7.78. The molecule has 1 aromatic carbocycles. The number of carbonyl (C=O) groups is 1. The lowest BCUT2D eigenvalue weighted by molar-refractivity contribution is -0.133. The van der Waals surface area contributed by atoms with Crippen LogP contribution in [0, 0.1) is 5.92 Å². The Morgan fingerprint density at radius 1 is 1.14 bits per heavy atom. The van der Waals surface area contributed by atoms with Gasteiger partial charge in [-0.3, -0.25) is 4.79 Å². The number of nitrogens with zero attached hydrogens (tertiary/aromatic N) is 5. The van der Waals surface area contributed by atoms with Gasteiger partial charge in [0.15, 0.2) is 11.5 Å². The number of carbonyl (C=O) groups excluding carboxylic acids is 1. The first kappa shape index (κ1) is 22.4. The van der Waals surface area contributed by atoms with Crippen LogP contribution < -0.4 is 21.2 Å². The molecule has 3 fully saturated rings. The van der Waals surface area contributed by atoms with E-state index >= 15 is 0 Å². The van der Waals surface area contributed by atoms with E-state index in [-0.39, 0.29) is 0 Å². The molecule has 35 heavy (non-hydrogen) atoms. The van der Waals surface area contributed by atoms with Crippen LogP contribution in [0.25, 0.3) is 0 Å². The predicted molar refractivity (Wildman–Crippen MR) is 132 cm³/mol. The monoisotopic (exact) mass is 476 g/mol. The second-order valence-corrected chi connectivity index (χ2v) is 9.96. The number of piperazine rings is 1. The second-order valence-electron chi connectivity index (χ2n) is 9.96. The molecule has 184 valence electrons. The standard InChI is InChI=1S/C25H32N8O2/c1-32-25(31-32)22(30-21-23(26)28-15-29-24(21)35-25)19-8-6-18(7-9-19)17-4-2-16(3-5-17)14-20(34)33-12-10-27-11-13-33/h6-9,15-17,27,31H,2-5,10-14H2,1H3,(H2,26,28,29). The van der Waals surface area contributed by atoms with Crippen molar-refractivity contribution in [3.8, 4) is 5.88 Å². The lowest BCUT2D eigenvalue weighted by atomic mass is 9.77. The van der Waals surface area contributed by atoms with Gasteiger partial charge in [0.05, 0.1) is 0 Å². The minimum absolute atomic E-state index is 0.300. The maximum absolute atomic E-state index is 12.6. The SMILES string of the molecule is CN1NC12Oc1ncnc(N)c1N=C2c1ccc(C2CCC(CC(=O)N3CCNCC3)CC2)cc1. The molecule has 4 N–H and O–H groups in total. The van der Waals surface area contributed by atoms with Crippen molar-refractivity contribution in [2.24, 2.45) is 10.9 Å². The van der Waals surface area contributed by atoms with Crippen molar-refractivity contribution in [3.63, 3.8) is 0 Å². The predicted octanol–water partition coefficient (Wildman–Crippen LogP) is 1.77. The van der Waals surface area contributed by atoms with Crippen LogP contribution in [0.3, 0.4) is 0 Å². The highest BCUT2D eigenvalue weighted by molar-refractivity contribution is 6.10. The molecule has 6 rings (SSSR count). The highest BCUT2D eigenvalue weighted by atomic mass is 16.6. The van der Waals surface area contributed by atoms with Gasteiger partial charge >= 0.3 is 0 Å². The molecule has 0 bridgehead atoms. The number of hydrazine groups is 1. The fourth-order valence-electron chi connectivity index (χ4n) is 5.60. The number of nitrogens with two attached hydrogens (primary N) is 1. The molecule has 2 unspecified atom stereocenters. The molecule has 1 amide bonds. The first-order chi connectivity index (χ1) is 17.0. The molecule has 1 saturated carbocycles. The largest absolute Gasteiger partial charge is 0.431 e. The molecule has 0 radical (unpaired) electrons. The second kappa shape index (κ2) is 8.85. The van der Waals surface area contributed by atoms with Gasteiger partial charge in [0, 0.05) is 45.2 Å². The van der Waals surface area contributed by atoms with Gasteiger partial charge in [-0.2, -0.15) is 15.4 Å². The van der Waals surface area contributed by atoms with Crippen molar-refractivity contribution < 1.29 is 9.53 Å². The molecule has 1 spiro atoms. The summed E-state index contributed by atoms with van der Waals surface area (Å²) in [6.45, 7) is 3.51. The van der Waals surface area contributed by atoms with Crippen LogP contribution in [0.5, 0.6) is 5.88 Å². The summed E-state index contributed by atoms with van der Waals surface area (Å²) < 4.78 is 6.14. The summed E-state index contributed by atoms with van der Waals surface area (Å²) in [7, 11) is 1.91. The summed E-state index contributed by atoms with van der Waals surface area (Å²) in [5, 5.41) is 5.18. The van der Waals surface area contributed by atoms with Crippen molar-refractivity contribution in [2.45, 2.75) is 43.9 Å².